The van der Waals surface area contributed by atoms with Crippen LogP contribution in [-0.2, 0) is 16.1 Å². The van der Waals surface area contributed by atoms with Crippen LogP contribution in [0.4, 0.5) is 4.79 Å². The van der Waals surface area contributed by atoms with Crippen molar-refractivity contribution in [2.45, 2.75) is 52.2 Å². The number of thiazole rings is 1. The predicted molar refractivity (Wildman–Crippen MR) is 91.9 cm³/mol. The van der Waals surface area contributed by atoms with Gasteiger partial charge in [0.2, 0.25) is 0 Å². The lowest BCUT2D eigenvalue weighted by Gasteiger charge is -2.34. The third kappa shape index (κ3) is 6.65. The molecule has 2 rings (SSSR count). The van der Waals surface area contributed by atoms with Gasteiger partial charge in [0.05, 0.1) is 11.5 Å². The van der Waals surface area contributed by atoms with Crippen LogP contribution in [0.5, 0.6) is 0 Å². The van der Waals surface area contributed by atoms with Gasteiger partial charge >= 0.3 is 6.09 Å². The molecule has 130 valence electrons. The lowest BCUT2D eigenvalue weighted by molar-refractivity contribution is 0.0136. The van der Waals surface area contributed by atoms with Crippen molar-refractivity contribution in [1.29, 1.82) is 0 Å². The molecule has 0 aliphatic carbocycles. The molecule has 0 aromatic carbocycles. The van der Waals surface area contributed by atoms with Crippen LogP contribution in [0.2, 0.25) is 4.47 Å². The van der Waals surface area contributed by atoms with Gasteiger partial charge in [-0.15, -0.1) is 11.3 Å². The van der Waals surface area contributed by atoms with Crippen LogP contribution >= 0.6 is 22.9 Å². The molecular weight excluding hydrogens is 336 g/mol. The van der Waals surface area contributed by atoms with Crippen molar-refractivity contribution < 1.29 is 14.3 Å². The molecule has 0 spiro atoms. The summed E-state index contributed by atoms with van der Waals surface area (Å²) in [7, 11) is 0. The molecule has 0 saturated carbocycles. The minimum absolute atomic E-state index is 0.206. The van der Waals surface area contributed by atoms with E-state index in [0.29, 0.717) is 23.6 Å². The predicted octanol–water partition coefficient (Wildman–Crippen LogP) is 4.35. The number of aromatic nitrogens is 1. The van der Waals surface area contributed by atoms with Crippen LogP contribution in [0.15, 0.2) is 6.20 Å². The Morgan fingerprint density at radius 3 is 2.96 bits per heavy atom. The fourth-order valence-corrected chi connectivity index (χ4v) is 3.48. The van der Waals surface area contributed by atoms with E-state index in [1.54, 1.807) is 6.20 Å². The van der Waals surface area contributed by atoms with Crippen molar-refractivity contribution in [2.75, 3.05) is 19.7 Å². The van der Waals surface area contributed by atoms with Crippen LogP contribution in [0.1, 0.15) is 44.9 Å². The fraction of sp³-hybridized carbons (Fsp3) is 0.750. The van der Waals surface area contributed by atoms with Gasteiger partial charge in [0.25, 0.3) is 0 Å². The van der Waals surface area contributed by atoms with Gasteiger partial charge in [0.1, 0.15) is 5.60 Å². The Morgan fingerprint density at radius 2 is 2.30 bits per heavy atom. The van der Waals surface area contributed by atoms with Crippen molar-refractivity contribution in [3.8, 4) is 0 Å². The first-order chi connectivity index (χ1) is 10.8. The minimum atomic E-state index is -0.441. The Kier molecular flexibility index (Phi) is 6.68. The molecule has 0 bridgehead atoms. The van der Waals surface area contributed by atoms with Crippen molar-refractivity contribution in [3.05, 3.63) is 15.5 Å². The van der Waals surface area contributed by atoms with E-state index in [2.05, 4.69) is 4.98 Å². The first-order valence-electron chi connectivity index (χ1n) is 7.99. The Balaban J connectivity index is 1.68. The van der Waals surface area contributed by atoms with E-state index in [0.717, 1.165) is 37.2 Å². The molecule has 1 aromatic heterocycles. The fourth-order valence-electron chi connectivity index (χ4n) is 2.57. The monoisotopic (exact) mass is 360 g/mol. The molecule has 1 amide bonds. The van der Waals surface area contributed by atoms with Gasteiger partial charge in [0, 0.05) is 25.9 Å². The summed E-state index contributed by atoms with van der Waals surface area (Å²) >= 11 is 7.23. The molecule has 23 heavy (non-hydrogen) atoms. The van der Waals surface area contributed by atoms with Crippen molar-refractivity contribution >= 4 is 29.0 Å². The van der Waals surface area contributed by atoms with Gasteiger partial charge in [-0.2, -0.15) is 0 Å². The van der Waals surface area contributed by atoms with E-state index in [-0.39, 0.29) is 6.09 Å². The number of amides is 1. The number of halogens is 1. The second-order valence-electron chi connectivity index (χ2n) is 6.86. The molecule has 1 unspecified atom stereocenters. The van der Waals surface area contributed by atoms with E-state index in [4.69, 9.17) is 21.1 Å². The summed E-state index contributed by atoms with van der Waals surface area (Å²) in [5.41, 5.74) is -0.441. The van der Waals surface area contributed by atoms with E-state index in [9.17, 15) is 4.79 Å². The lowest BCUT2D eigenvalue weighted by atomic mass is 9.95. The first kappa shape index (κ1) is 18.5. The summed E-state index contributed by atoms with van der Waals surface area (Å²) in [5.74, 6) is 0.473. The normalized spacial score (nSPS) is 19.0. The highest BCUT2D eigenvalue weighted by molar-refractivity contribution is 7.15. The standard InChI is InChI=1S/C16H25ClN2O3S/c1-16(2,3)22-15(20)19-7-4-5-12(10-19)6-8-21-11-13-9-18-14(17)23-13/h9,12H,4-8,10-11H2,1-3H3. The van der Waals surface area contributed by atoms with E-state index >= 15 is 0 Å². The first-order valence-corrected chi connectivity index (χ1v) is 9.19. The average Bonchev–Trinajstić information content (AvgIpc) is 2.88. The van der Waals surface area contributed by atoms with Gasteiger partial charge in [-0.25, -0.2) is 9.78 Å². The maximum atomic E-state index is 12.1. The Morgan fingerprint density at radius 1 is 1.52 bits per heavy atom. The number of rotatable bonds is 5. The van der Waals surface area contributed by atoms with Gasteiger partial charge in [-0.05, 0) is 46.0 Å². The highest BCUT2D eigenvalue weighted by Gasteiger charge is 2.27. The van der Waals surface area contributed by atoms with Gasteiger partial charge in [-0.1, -0.05) is 11.6 Å². The number of hydrogen-bond donors (Lipinski definition) is 0. The number of nitrogens with zero attached hydrogens (tertiary/aromatic N) is 2. The van der Waals surface area contributed by atoms with E-state index < -0.39 is 5.60 Å². The maximum absolute atomic E-state index is 12.1. The molecule has 1 fully saturated rings. The third-order valence-corrected chi connectivity index (χ3v) is 4.70. The Hall–Kier alpha value is -0.850. The number of carbonyl (C=O) groups is 1. The number of ether oxygens (including phenoxy) is 2. The summed E-state index contributed by atoms with van der Waals surface area (Å²) in [6, 6.07) is 0. The van der Waals surface area contributed by atoms with Crippen LogP contribution in [0.3, 0.4) is 0 Å². The molecule has 1 aliphatic heterocycles. The Labute approximate surface area is 146 Å². The molecular formula is C16H25ClN2O3S. The van der Waals surface area contributed by atoms with Crippen molar-refractivity contribution in [3.63, 3.8) is 0 Å². The van der Waals surface area contributed by atoms with Gasteiger partial charge in [-0.3, -0.25) is 0 Å². The molecule has 1 saturated heterocycles. The summed E-state index contributed by atoms with van der Waals surface area (Å²) in [4.78, 5) is 19.0. The van der Waals surface area contributed by atoms with Crippen molar-refractivity contribution in [1.82, 2.24) is 9.88 Å². The minimum Gasteiger partial charge on any atom is -0.444 e. The topological polar surface area (TPSA) is 51.7 Å². The largest absolute Gasteiger partial charge is 0.444 e. The molecule has 7 heteroatoms. The van der Waals surface area contributed by atoms with E-state index in [1.165, 1.54) is 11.3 Å². The SMILES string of the molecule is CC(C)(C)OC(=O)N1CCCC(CCOCc2cnc(Cl)s2)C1. The Bertz CT molecular complexity index is 516. The highest BCUT2D eigenvalue weighted by Crippen LogP contribution is 2.22. The number of piperidine rings is 1. The quantitative estimate of drug-likeness (QED) is 0.732. The number of carbonyl (C=O) groups excluding carboxylic acids is 1. The maximum Gasteiger partial charge on any atom is 0.410 e. The molecule has 1 aromatic rings. The molecule has 5 nitrogen and oxygen atoms in total. The molecule has 1 aliphatic rings. The second kappa shape index (κ2) is 8.31. The average molecular weight is 361 g/mol. The highest BCUT2D eigenvalue weighted by atomic mass is 35.5. The third-order valence-electron chi connectivity index (χ3n) is 3.61. The lowest BCUT2D eigenvalue weighted by Crippen LogP contribution is -2.43. The second-order valence-corrected chi connectivity index (χ2v) is 8.55. The zero-order chi connectivity index (χ0) is 16.9. The van der Waals surface area contributed by atoms with Crippen LogP contribution in [0, 0.1) is 5.92 Å². The van der Waals surface area contributed by atoms with E-state index in [1.807, 2.05) is 25.7 Å². The number of hydrogen-bond acceptors (Lipinski definition) is 5. The van der Waals surface area contributed by atoms with Crippen molar-refractivity contribution in [2.24, 2.45) is 5.92 Å². The zero-order valence-corrected chi connectivity index (χ0v) is 15.6. The van der Waals surface area contributed by atoms with Crippen LogP contribution < -0.4 is 0 Å². The summed E-state index contributed by atoms with van der Waals surface area (Å²) in [5, 5.41) is 0. The summed E-state index contributed by atoms with van der Waals surface area (Å²) in [6.07, 6.45) is 4.65. The zero-order valence-electron chi connectivity index (χ0n) is 14.0. The molecule has 0 N–H and O–H groups in total. The molecule has 1 atom stereocenters. The molecule has 2 heterocycles. The van der Waals surface area contributed by atoms with Gasteiger partial charge in [0.15, 0.2) is 4.47 Å². The molecule has 0 radical (unpaired) electrons. The smallest absolute Gasteiger partial charge is 0.410 e. The summed E-state index contributed by atoms with van der Waals surface area (Å²) in [6.45, 7) is 8.45. The van der Waals surface area contributed by atoms with Gasteiger partial charge < -0.3 is 14.4 Å². The van der Waals surface area contributed by atoms with Crippen LogP contribution in [-0.4, -0.2) is 41.3 Å². The summed E-state index contributed by atoms with van der Waals surface area (Å²) < 4.78 is 11.7. The number of likely N-dealkylation sites (tertiary alicyclic amines) is 1. The van der Waals surface area contributed by atoms with Crippen LogP contribution in [0.25, 0.3) is 0 Å².